The first-order chi connectivity index (χ1) is 32.5. The number of nitrogens with zero attached hydrogens (tertiary/aromatic N) is 6. The predicted molar refractivity (Wildman–Crippen MR) is 279 cm³/mol. The van der Waals surface area contributed by atoms with Crippen LogP contribution in [0.15, 0.2) is 253 Å². The minimum Gasteiger partial charge on any atom is -0.311 e. The molecule has 0 fully saturated rings. The highest BCUT2D eigenvalue weighted by atomic mass is 15.5. The van der Waals surface area contributed by atoms with Gasteiger partial charge in [0.1, 0.15) is 0 Å². The summed E-state index contributed by atoms with van der Waals surface area (Å²) in [5, 5.41) is 14.2. The Hall–Kier alpha value is -8.48. The van der Waals surface area contributed by atoms with Gasteiger partial charge in [0.2, 0.25) is 0 Å². The molecule has 0 aliphatic carbocycles. The van der Waals surface area contributed by atoms with Crippen LogP contribution in [0.5, 0.6) is 0 Å². The molecule has 0 atom stereocenters. The summed E-state index contributed by atoms with van der Waals surface area (Å²) in [6.07, 6.45) is 3.88. The number of rotatable bonds is 16. The van der Waals surface area contributed by atoms with Crippen LogP contribution in [-0.4, -0.2) is 12.4 Å². The van der Waals surface area contributed by atoms with Gasteiger partial charge in [-0.2, -0.15) is 10.2 Å². The summed E-state index contributed by atoms with van der Waals surface area (Å²) in [7, 11) is 0. The van der Waals surface area contributed by atoms with Crippen molar-refractivity contribution < 1.29 is 0 Å². The van der Waals surface area contributed by atoms with Gasteiger partial charge in [0.05, 0.1) is 36.9 Å². The Kier molecular flexibility index (Phi) is 13.5. The lowest BCUT2D eigenvalue weighted by atomic mass is 10.1. The molecule has 0 radical (unpaired) electrons. The van der Waals surface area contributed by atoms with Gasteiger partial charge in [-0.3, -0.25) is 10.0 Å². The highest BCUT2D eigenvalue weighted by Crippen LogP contribution is 2.36. The topological polar surface area (TPSA) is 37.7 Å². The van der Waals surface area contributed by atoms with E-state index in [9.17, 15) is 0 Å². The lowest BCUT2D eigenvalue weighted by molar-refractivity contribution is 0.845. The van der Waals surface area contributed by atoms with E-state index in [4.69, 9.17) is 10.2 Å². The van der Waals surface area contributed by atoms with E-state index in [0.717, 1.165) is 67.8 Å². The molecule has 6 nitrogen and oxygen atoms in total. The molecule has 0 amide bonds. The standard InChI is InChI=1S/C60H52N6/c1-47-23-35-57(36-24-47)65(55-19-11-5-12-20-55)59-39-31-49(32-40-59)43-61-63(53-15-7-3-8-16-53)45-51-27-29-52(30-28-51)46-64(54-17-9-4-10-18-54)62-44-50-33-41-60(42-34-50)66(56-21-13-6-14-22-56)58-37-25-48(2)26-38-58/h3-44H,45-46H2,1-2H3/b61-43+,62-44+. The Labute approximate surface area is 389 Å². The van der Waals surface area contributed by atoms with E-state index in [1.807, 2.05) is 36.7 Å². The first kappa shape index (κ1) is 42.8. The average Bonchev–Trinajstić information content (AvgIpc) is 3.38. The van der Waals surface area contributed by atoms with Crippen LogP contribution >= 0.6 is 0 Å². The number of aryl methyl sites for hydroxylation is 2. The lowest BCUT2D eigenvalue weighted by Crippen LogP contribution is -2.17. The largest absolute Gasteiger partial charge is 0.311 e. The molecule has 0 aliphatic heterocycles. The summed E-state index contributed by atoms with van der Waals surface area (Å²) in [5.41, 5.74) is 15.4. The molecule has 322 valence electrons. The third-order valence-electron chi connectivity index (χ3n) is 11.4. The minimum atomic E-state index is 0.607. The Morgan fingerprint density at radius 2 is 0.545 bits per heavy atom. The molecule has 9 aromatic carbocycles. The number of para-hydroxylation sites is 4. The van der Waals surface area contributed by atoms with Crippen LogP contribution in [0.25, 0.3) is 0 Å². The predicted octanol–water partition coefficient (Wildman–Crippen LogP) is 15.3. The Morgan fingerprint density at radius 1 is 0.288 bits per heavy atom. The fourth-order valence-electron chi connectivity index (χ4n) is 7.82. The van der Waals surface area contributed by atoms with Crippen LogP contribution in [0.4, 0.5) is 45.5 Å². The maximum Gasteiger partial charge on any atom is 0.0666 e. The van der Waals surface area contributed by atoms with E-state index in [0.29, 0.717) is 13.1 Å². The van der Waals surface area contributed by atoms with E-state index in [1.165, 1.54) is 11.1 Å². The van der Waals surface area contributed by atoms with Crippen molar-refractivity contribution in [3.05, 3.63) is 276 Å². The van der Waals surface area contributed by atoms with Crippen molar-refractivity contribution in [2.75, 3.05) is 19.8 Å². The van der Waals surface area contributed by atoms with Crippen molar-refractivity contribution in [2.24, 2.45) is 10.2 Å². The summed E-state index contributed by atoms with van der Waals surface area (Å²) < 4.78 is 0. The van der Waals surface area contributed by atoms with Gasteiger partial charge in [0.25, 0.3) is 0 Å². The van der Waals surface area contributed by atoms with E-state index in [2.05, 4.69) is 252 Å². The van der Waals surface area contributed by atoms with Crippen molar-refractivity contribution in [1.82, 2.24) is 0 Å². The van der Waals surface area contributed by atoms with Gasteiger partial charge in [-0.25, -0.2) is 0 Å². The fraction of sp³-hybridized carbons (Fsp3) is 0.0667. The molecule has 0 aromatic heterocycles. The SMILES string of the molecule is Cc1ccc(N(c2ccccc2)c2ccc(/C=N/N(Cc3ccc(CN(/N=C/c4ccc(N(c5ccccc5)c5ccc(C)cc5)cc4)c4ccccc4)cc3)c3ccccc3)cc2)cc1. The Bertz CT molecular complexity index is 2730. The van der Waals surface area contributed by atoms with Gasteiger partial charge in [-0.1, -0.05) is 157 Å². The molecule has 0 heterocycles. The highest BCUT2D eigenvalue weighted by Gasteiger charge is 2.14. The summed E-state index contributed by atoms with van der Waals surface area (Å²) >= 11 is 0. The Balaban J connectivity index is 0.903. The summed E-state index contributed by atoms with van der Waals surface area (Å²) in [6, 6.07) is 84.8. The number of hydrazone groups is 2. The van der Waals surface area contributed by atoms with Crippen LogP contribution in [0.1, 0.15) is 33.4 Å². The molecular weight excluding hydrogens is 805 g/mol. The van der Waals surface area contributed by atoms with Crippen molar-refractivity contribution >= 4 is 57.9 Å². The van der Waals surface area contributed by atoms with Crippen molar-refractivity contribution in [3.8, 4) is 0 Å². The number of benzene rings is 9. The summed E-state index contributed by atoms with van der Waals surface area (Å²) in [6.45, 7) is 5.45. The third-order valence-corrected chi connectivity index (χ3v) is 11.4. The molecule has 66 heavy (non-hydrogen) atoms. The second-order valence-electron chi connectivity index (χ2n) is 16.3. The maximum absolute atomic E-state index is 5.04. The van der Waals surface area contributed by atoms with E-state index >= 15 is 0 Å². The van der Waals surface area contributed by atoms with Gasteiger partial charge in [-0.05, 0) is 133 Å². The van der Waals surface area contributed by atoms with Crippen molar-refractivity contribution in [1.29, 1.82) is 0 Å². The smallest absolute Gasteiger partial charge is 0.0666 e. The third kappa shape index (κ3) is 10.8. The molecular formula is C60H52N6. The molecule has 9 rings (SSSR count). The fourth-order valence-corrected chi connectivity index (χ4v) is 7.82. The second kappa shape index (κ2) is 20.8. The second-order valence-corrected chi connectivity index (χ2v) is 16.3. The van der Waals surface area contributed by atoms with Gasteiger partial charge >= 0.3 is 0 Å². The van der Waals surface area contributed by atoms with Crippen molar-refractivity contribution in [2.45, 2.75) is 26.9 Å². The highest BCUT2D eigenvalue weighted by molar-refractivity contribution is 5.84. The lowest BCUT2D eigenvalue weighted by Gasteiger charge is -2.25. The number of hydrogen-bond acceptors (Lipinski definition) is 6. The van der Waals surface area contributed by atoms with Crippen LogP contribution in [-0.2, 0) is 13.1 Å². The average molecular weight is 857 g/mol. The molecule has 0 unspecified atom stereocenters. The molecule has 0 bridgehead atoms. The molecule has 0 saturated carbocycles. The van der Waals surface area contributed by atoms with E-state index < -0.39 is 0 Å². The Morgan fingerprint density at radius 3 is 0.848 bits per heavy atom. The molecule has 0 saturated heterocycles. The zero-order valence-electron chi connectivity index (χ0n) is 37.3. The van der Waals surface area contributed by atoms with Crippen LogP contribution in [0.2, 0.25) is 0 Å². The molecule has 6 heteroatoms. The zero-order chi connectivity index (χ0) is 44.9. The summed E-state index contributed by atoms with van der Waals surface area (Å²) in [5.74, 6) is 0. The van der Waals surface area contributed by atoms with Crippen LogP contribution in [0.3, 0.4) is 0 Å². The minimum absolute atomic E-state index is 0.607. The van der Waals surface area contributed by atoms with E-state index in [1.54, 1.807) is 0 Å². The number of hydrogen-bond donors (Lipinski definition) is 0. The van der Waals surface area contributed by atoms with Gasteiger partial charge < -0.3 is 9.80 Å². The van der Waals surface area contributed by atoms with E-state index in [-0.39, 0.29) is 0 Å². The van der Waals surface area contributed by atoms with Gasteiger partial charge in [0.15, 0.2) is 0 Å². The molecule has 0 N–H and O–H groups in total. The van der Waals surface area contributed by atoms with Crippen molar-refractivity contribution in [3.63, 3.8) is 0 Å². The first-order valence-corrected chi connectivity index (χ1v) is 22.4. The van der Waals surface area contributed by atoms with Crippen LogP contribution in [0, 0.1) is 13.8 Å². The molecule has 0 spiro atoms. The molecule has 9 aromatic rings. The monoisotopic (exact) mass is 856 g/mol. The quantitative estimate of drug-likeness (QED) is 0.0717. The zero-order valence-corrected chi connectivity index (χ0v) is 37.3. The maximum atomic E-state index is 5.04. The molecule has 0 aliphatic rings. The summed E-state index contributed by atoms with van der Waals surface area (Å²) in [4.78, 5) is 4.55. The van der Waals surface area contributed by atoms with Gasteiger partial charge in [0, 0.05) is 34.1 Å². The normalized spacial score (nSPS) is 11.2. The van der Waals surface area contributed by atoms with Gasteiger partial charge in [-0.15, -0.1) is 0 Å². The number of anilines is 8. The first-order valence-electron chi connectivity index (χ1n) is 22.4. The van der Waals surface area contributed by atoms with Crippen LogP contribution < -0.4 is 19.8 Å².